The van der Waals surface area contributed by atoms with Crippen LogP contribution in [0.3, 0.4) is 0 Å². The van der Waals surface area contributed by atoms with Gasteiger partial charge in [-0.2, -0.15) is 0 Å². The third-order valence-electron chi connectivity index (χ3n) is 7.04. The monoisotopic (exact) mass is 485 g/mol. The van der Waals surface area contributed by atoms with Crippen molar-refractivity contribution in [1.29, 1.82) is 0 Å². The van der Waals surface area contributed by atoms with Crippen molar-refractivity contribution in [3.8, 4) is 0 Å². The van der Waals surface area contributed by atoms with Crippen LogP contribution in [0, 0.1) is 11.8 Å². The summed E-state index contributed by atoms with van der Waals surface area (Å²) >= 11 is 0. The molecule has 9 heteroatoms. The van der Waals surface area contributed by atoms with Gasteiger partial charge in [0, 0.05) is 51.0 Å². The number of amides is 1. The summed E-state index contributed by atoms with van der Waals surface area (Å²) in [5, 5.41) is 0. The molecule has 0 radical (unpaired) electrons. The predicted octanol–water partition coefficient (Wildman–Crippen LogP) is 3.03. The van der Waals surface area contributed by atoms with E-state index in [4.69, 9.17) is 0 Å². The highest BCUT2D eigenvalue weighted by Crippen LogP contribution is 2.30. The maximum Gasteiger partial charge on any atom is 0.240 e. The molecule has 0 bridgehead atoms. The fourth-order valence-electron chi connectivity index (χ4n) is 4.80. The summed E-state index contributed by atoms with van der Waals surface area (Å²) in [5.41, 5.74) is 1.12. The number of anilines is 1. The van der Waals surface area contributed by atoms with Gasteiger partial charge in [-0.3, -0.25) is 4.79 Å². The number of hydrogen-bond donors (Lipinski definition) is 1. The van der Waals surface area contributed by atoms with Crippen LogP contribution >= 0.6 is 0 Å². The van der Waals surface area contributed by atoms with Crippen LogP contribution in [0.15, 0.2) is 47.6 Å². The molecule has 184 valence electrons. The first-order chi connectivity index (χ1) is 16.3. The number of sulfonamides is 1. The van der Waals surface area contributed by atoms with E-state index in [2.05, 4.69) is 33.4 Å². The number of piperazine rings is 1. The first kappa shape index (κ1) is 24.6. The van der Waals surface area contributed by atoms with Crippen LogP contribution in [-0.2, 0) is 14.8 Å². The first-order valence-electron chi connectivity index (χ1n) is 12.2. The molecule has 0 unspecified atom stereocenters. The molecule has 4 rings (SSSR count). The van der Waals surface area contributed by atoms with Crippen molar-refractivity contribution in [3.63, 3.8) is 0 Å². The molecule has 0 spiro atoms. The Morgan fingerprint density at radius 2 is 1.62 bits per heavy atom. The summed E-state index contributed by atoms with van der Waals surface area (Å²) in [6.07, 6.45) is 6.83. The summed E-state index contributed by atoms with van der Waals surface area (Å²) in [6.45, 7) is 7.45. The van der Waals surface area contributed by atoms with Crippen molar-refractivity contribution in [2.75, 3.05) is 37.6 Å². The van der Waals surface area contributed by atoms with Crippen molar-refractivity contribution in [2.24, 2.45) is 11.8 Å². The van der Waals surface area contributed by atoms with Crippen LogP contribution in [0.5, 0.6) is 0 Å². The van der Waals surface area contributed by atoms with Crippen LogP contribution in [0.1, 0.15) is 51.0 Å². The SMILES string of the molecule is CC(C)c1ccc(S(=O)(=O)NCC2CCC(C(=O)N3CCN(c4ncccn4)CC3)CC2)cc1. The van der Waals surface area contributed by atoms with Crippen molar-refractivity contribution < 1.29 is 13.2 Å². The Morgan fingerprint density at radius 3 is 2.21 bits per heavy atom. The van der Waals surface area contributed by atoms with Gasteiger partial charge >= 0.3 is 0 Å². The molecule has 1 saturated carbocycles. The highest BCUT2D eigenvalue weighted by atomic mass is 32.2. The highest BCUT2D eigenvalue weighted by Gasteiger charge is 2.32. The fraction of sp³-hybridized carbons (Fsp3) is 0.560. The number of carbonyl (C=O) groups is 1. The molecule has 1 aromatic carbocycles. The molecule has 2 aliphatic rings. The van der Waals surface area contributed by atoms with Crippen molar-refractivity contribution in [1.82, 2.24) is 19.6 Å². The molecule has 34 heavy (non-hydrogen) atoms. The van der Waals surface area contributed by atoms with Gasteiger partial charge in [0.25, 0.3) is 0 Å². The smallest absolute Gasteiger partial charge is 0.240 e. The van der Waals surface area contributed by atoms with Crippen LogP contribution in [0.2, 0.25) is 0 Å². The largest absolute Gasteiger partial charge is 0.339 e. The van der Waals surface area contributed by atoms with Crippen LogP contribution in [0.4, 0.5) is 5.95 Å². The van der Waals surface area contributed by atoms with E-state index in [1.165, 1.54) is 0 Å². The van der Waals surface area contributed by atoms with E-state index in [0.717, 1.165) is 44.3 Å². The van der Waals surface area contributed by atoms with E-state index < -0.39 is 10.0 Å². The van der Waals surface area contributed by atoms with Crippen LogP contribution in [-0.4, -0.2) is 61.9 Å². The summed E-state index contributed by atoms with van der Waals surface area (Å²) in [4.78, 5) is 26.0. The lowest BCUT2D eigenvalue weighted by Crippen LogP contribution is -2.51. The normalized spacial score (nSPS) is 21.6. The molecule has 2 heterocycles. The Hall–Kier alpha value is -2.52. The average Bonchev–Trinajstić information content (AvgIpc) is 2.88. The van der Waals surface area contributed by atoms with Gasteiger partial charge in [0.1, 0.15) is 0 Å². The Labute approximate surface area is 202 Å². The Bertz CT molecular complexity index is 1040. The number of carbonyl (C=O) groups excluding carboxylic acids is 1. The average molecular weight is 486 g/mol. The maximum atomic E-state index is 13.0. The van der Waals surface area contributed by atoms with Gasteiger partial charge in [-0.25, -0.2) is 23.1 Å². The first-order valence-corrected chi connectivity index (χ1v) is 13.7. The lowest BCUT2D eigenvalue weighted by Gasteiger charge is -2.37. The second-order valence-corrected chi connectivity index (χ2v) is 11.4. The molecule has 0 atom stereocenters. The highest BCUT2D eigenvalue weighted by molar-refractivity contribution is 7.89. The van der Waals surface area contributed by atoms with Gasteiger partial charge in [-0.05, 0) is 61.3 Å². The molecule has 1 amide bonds. The van der Waals surface area contributed by atoms with Crippen LogP contribution in [0.25, 0.3) is 0 Å². The number of nitrogens with one attached hydrogen (secondary N) is 1. The summed E-state index contributed by atoms with van der Waals surface area (Å²) < 4.78 is 28.1. The number of benzene rings is 1. The number of rotatable bonds is 7. The predicted molar refractivity (Wildman–Crippen MR) is 132 cm³/mol. The zero-order chi connectivity index (χ0) is 24.1. The molecule has 1 aliphatic heterocycles. The molecule has 1 aromatic heterocycles. The standard InChI is InChI=1S/C25H35N5O3S/c1-19(2)21-8-10-23(11-9-21)34(32,33)28-18-20-4-6-22(7-5-20)24(31)29-14-16-30(17-15-29)25-26-12-3-13-27-25/h3,8-13,19-20,22,28H,4-7,14-18H2,1-2H3. The third-order valence-corrected chi connectivity index (χ3v) is 8.48. The fourth-order valence-corrected chi connectivity index (χ4v) is 5.91. The van der Waals surface area contributed by atoms with Gasteiger partial charge in [0.05, 0.1) is 4.90 Å². The zero-order valence-electron chi connectivity index (χ0n) is 20.1. The second-order valence-electron chi connectivity index (χ2n) is 9.65. The van der Waals surface area contributed by atoms with Gasteiger partial charge in [0.2, 0.25) is 21.9 Å². The molecule has 1 saturated heterocycles. The molecular weight excluding hydrogens is 450 g/mol. The lowest BCUT2D eigenvalue weighted by atomic mass is 9.81. The molecule has 2 fully saturated rings. The van der Waals surface area contributed by atoms with E-state index in [-0.39, 0.29) is 17.7 Å². The minimum absolute atomic E-state index is 0.0379. The number of nitrogens with zero attached hydrogens (tertiary/aromatic N) is 4. The molecule has 1 N–H and O–H groups in total. The van der Waals surface area contributed by atoms with Crippen molar-refractivity contribution in [3.05, 3.63) is 48.3 Å². The van der Waals surface area contributed by atoms with Crippen molar-refractivity contribution in [2.45, 2.75) is 50.3 Å². The Balaban J connectivity index is 1.21. The van der Waals surface area contributed by atoms with Gasteiger partial charge in [0.15, 0.2) is 0 Å². The van der Waals surface area contributed by atoms with E-state index >= 15 is 0 Å². The molecular formula is C25H35N5O3S. The molecule has 8 nitrogen and oxygen atoms in total. The molecule has 2 aromatic rings. The van der Waals surface area contributed by atoms with Crippen molar-refractivity contribution >= 4 is 21.9 Å². The topological polar surface area (TPSA) is 95.5 Å². The van der Waals surface area contributed by atoms with Gasteiger partial charge in [-0.15, -0.1) is 0 Å². The van der Waals surface area contributed by atoms with E-state index in [0.29, 0.717) is 36.4 Å². The Kier molecular flexibility index (Phi) is 7.83. The minimum Gasteiger partial charge on any atom is -0.339 e. The summed E-state index contributed by atoms with van der Waals surface area (Å²) in [6, 6.07) is 8.91. The van der Waals surface area contributed by atoms with Crippen LogP contribution < -0.4 is 9.62 Å². The second kappa shape index (κ2) is 10.8. The summed E-state index contributed by atoms with van der Waals surface area (Å²) in [7, 11) is -3.52. The van der Waals surface area contributed by atoms with Gasteiger partial charge in [-0.1, -0.05) is 26.0 Å². The Morgan fingerprint density at radius 1 is 1.00 bits per heavy atom. The third kappa shape index (κ3) is 5.93. The number of hydrogen-bond acceptors (Lipinski definition) is 6. The number of aromatic nitrogens is 2. The minimum atomic E-state index is -3.52. The van der Waals surface area contributed by atoms with Gasteiger partial charge < -0.3 is 9.80 Å². The van der Waals surface area contributed by atoms with E-state index in [1.807, 2.05) is 17.0 Å². The van der Waals surface area contributed by atoms with E-state index in [9.17, 15) is 13.2 Å². The quantitative estimate of drug-likeness (QED) is 0.648. The lowest BCUT2D eigenvalue weighted by molar-refractivity contribution is -0.137. The summed E-state index contributed by atoms with van der Waals surface area (Å²) in [5.74, 6) is 1.62. The van der Waals surface area contributed by atoms with E-state index in [1.54, 1.807) is 30.6 Å². The maximum absolute atomic E-state index is 13.0. The zero-order valence-corrected chi connectivity index (χ0v) is 20.9. The molecule has 1 aliphatic carbocycles.